The first-order valence-electron chi connectivity index (χ1n) is 7.41. The summed E-state index contributed by atoms with van der Waals surface area (Å²) in [6, 6.07) is 11.9. The van der Waals surface area contributed by atoms with Gasteiger partial charge in [-0.2, -0.15) is 0 Å². The number of anilines is 1. The maximum Gasteiger partial charge on any atom is 0.269 e. The normalized spacial score (nSPS) is 10.7. The Labute approximate surface area is 142 Å². The lowest BCUT2D eigenvalue weighted by Gasteiger charge is -2.05. The van der Waals surface area contributed by atoms with E-state index in [1.54, 1.807) is 23.5 Å². The van der Waals surface area contributed by atoms with Crippen molar-refractivity contribution >= 4 is 38.8 Å². The van der Waals surface area contributed by atoms with Gasteiger partial charge in [0.25, 0.3) is 5.69 Å². The van der Waals surface area contributed by atoms with Crippen LogP contribution in [0.3, 0.4) is 0 Å². The van der Waals surface area contributed by atoms with E-state index in [4.69, 9.17) is 0 Å². The third kappa shape index (κ3) is 3.75. The first-order valence-corrected chi connectivity index (χ1v) is 8.23. The number of nitro benzene ring substituents is 1. The van der Waals surface area contributed by atoms with Crippen molar-refractivity contribution in [2.75, 3.05) is 5.32 Å². The molecular formula is C17H15N3O3S. The molecule has 1 amide bonds. The number of nitro groups is 1. The van der Waals surface area contributed by atoms with E-state index in [2.05, 4.69) is 10.3 Å². The van der Waals surface area contributed by atoms with Crippen molar-refractivity contribution in [1.82, 2.24) is 4.98 Å². The largest absolute Gasteiger partial charge is 0.326 e. The molecule has 0 aliphatic heterocycles. The second kappa shape index (κ2) is 6.76. The molecule has 3 aromatic rings. The van der Waals surface area contributed by atoms with Crippen molar-refractivity contribution in [1.29, 1.82) is 0 Å². The predicted molar refractivity (Wildman–Crippen MR) is 94.4 cm³/mol. The number of amides is 1. The third-order valence-corrected chi connectivity index (χ3v) is 4.52. The Bertz CT molecular complexity index is 903. The standard InChI is InChI=1S/C17H15N3O3S/c1-11-18-15-10-13(5-8-16(15)24-11)19-17(21)9-4-12-2-6-14(7-3-12)20(22)23/h2-3,5-8,10H,4,9H2,1H3,(H,19,21). The van der Waals surface area contributed by atoms with E-state index in [-0.39, 0.29) is 11.6 Å². The Morgan fingerprint density at radius 3 is 2.71 bits per heavy atom. The molecule has 0 aliphatic rings. The number of carbonyl (C=O) groups is 1. The van der Waals surface area contributed by atoms with Crippen LogP contribution in [0.4, 0.5) is 11.4 Å². The highest BCUT2D eigenvalue weighted by Gasteiger charge is 2.08. The van der Waals surface area contributed by atoms with E-state index in [1.807, 2.05) is 25.1 Å². The summed E-state index contributed by atoms with van der Waals surface area (Å²) in [6.45, 7) is 1.95. The summed E-state index contributed by atoms with van der Waals surface area (Å²) in [5.74, 6) is -0.0975. The van der Waals surface area contributed by atoms with Crippen molar-refractivity contribution < 1.29 is 9.72 Å². The number of nitrogens with one attached hydrogen (secondary N) is 1. The van der Waals surface area contributed by atoms with E-state index in [0.717, 1.165) is 26.5 Å². The molecule has 0 saturated carbocycles. The van der Waals surface area contributed by atoms with Gasteiger partial charge in [0.15, 0.2) is 0 Å². The highest BCUT2D eigenvalue weighted by atomic mass is 32.1. The molecule has 0 fully saturated rings. The fraction of sp³-hybridized carbons (Fsp3) is 0.176. The average Bonchev–Trinajstić information content (AvgIpc) is 2.92. The van der Waals surface area contributed by atoms with Crippen LogP contribution in [0.5, 0.6) is 0 Å². The van der Waals surface area contributed by atoms with Crippen molar-refractivity contribution in [3.63, 3.8) is 0 Å². The van der Waals surface area contributed by atoms with Crippen LogP contribution in [0.15, 0.2) is 42.5 Å². The zero-order chi connectivity index (χ0) is 17.1. The van der Waals surface area contributed by atoms with Crippen LogP contribution in [0.2, 0.25) is 0 Å². The van der Waals surface area contributed by atoms with Crippen molar-refractivity contribution in [2.24, 2.45) is 0 Å². The SMILES string of the molecule is Cc1nc2cc(NC(=O)CCc3ccc([N+](=O)[O-])cc3)ccc2s1. The molecule has 1 aromatic heterocycles. The van der Waals surface area contributed by atoms with Gasteiger partial charge in [-0.25, -0.2) is 4.98 Å². The number of thiazole rings is 1. The Hall–Kier alpha value is -2.80. The molecule has 0 saturated heterocycles. The second-order valence-electron chi connectivity index (χ2n) is 5.39. The Morgan fingerprint density at radius 1 is 1.25 bits per heavy atom. The number of benzene rings is 2. The molecule has 1 heterocycles. The van der Waals surface area contributed by atoms with E-state index >= 15 is 0 Å². The van der Waals surface area contributed by atoms with E-state index < -0.39 is 4.92 Å². The molecule has 6 nitrogen and oxygen atoms in total. The molecule has 3 rings (SSSR count). The van der Waals surface area contributed by atoms with Crippen molar-refractivity contribution in [2.45, 2.75) is 19.8 Å². The van der Waals surface area contributed by atoms with E-state index in [9.17, 15) is 14.9 Å². The zero-order valence-corrected chi connectivity index (χ0v) is 13.8. The molecule has 0 bridgehead atoms. The molecule has 0 spiro atoms. The summed E-state index contributed by atoms with van der Waals surface area (Å²) in [5, 5.41) is 14.5. The monoisotopic (exact) mass is 341 g/mol. The number of aromatic nitrogens is 1. The lowest BCUT2D eigenvalue weighted by atomic mass is 10.1. The summed E-state index contributed by atoms with van der Waals surface area (Å²) in [5.41, 5.74) is 2.54. The third-order valence-electron chi connectivity index (χ3n) is 3.57. The summed E-state index contributed by atoms with van der Waals surface area (Å²) in [7, 11) is 0. The number of fused-ring (bicyclic) bond motifs is 1. The summed E-state index contributed by atoms with van der Waals surface area (Å²) < 4.78 is 1.09. The molecule has 0 radical (unpaired) electrons. The van der Waals surface area contributed by atoms with Crippen LogP contribution in [-0.4, -0.2) is 15.8 Å². The van der Waals surface area contributed by atoms with Gasteiger partial charge in [-0.3, -0.25) is 14.9 Å². The van der Waals surface area contributed by atoms with Gasteiger partial charge < -0.3 is 5.32 Å². The summed E-state index contributed by atoms with van der Waals surface area (Å²) >= 11 is 1.62. The lowest BCUT2D eigenvalue weighted by molar-refractivity contribution is -0.384. The number of aryl methyl sites for hydroxylation is 2. The van der Waals surface area contributed by atoms with E-state index in [1.165, 1.54) is 12.1 Å². The number of non-ortho nitro benzene ring substituents is 1. The maximum absolute atomic E-state index is 12.1. The Morgan fingerprint density at radius 2 is 2.00 bits per heavy atom. The number of nitrogens with zero attached hydrogens (tertiary/aromatic N) is 2. The van der Waals surface area contributed by atoms with Crippen LogP contribution >= 0.6 is 11.3 Å². The topological polar surface area (TPSA) is 85.1 Å². The number of carbonyl (C=O) groups excluding carboxylic acids is 1. The van der Waals surface area contributed by atoms with Gasteiger partial charge in [0.1, 0.15) is 0 Å². The zero-order valence-electron chi connectivity index (χ0n) is 13.0. The highest BCUT2D eigenvalue weighted by molar-refractivity contribution is 7.18. The number of hydrogen-bond acceptors (Lipinski definition) is 5. The van der Waals surface area contributed by atoms with Gasteiger partial charge in [-0.1, -0.05) is 12.1 Å². The molecule has 24 heavy (non-hydrogen) atoms. The maximum atomic E-state index is 12.1. The van der Waals surface area contributed by atoms with Crippen LogP contribution in [-0.2, 0) is 11.2 Å². The smallest absolute Gasteiger partial charge is 0.269 e. The van der Waals surface area contributed by atoms with Gasteiger partial charge in [-0.05, 0) is 37.1 Å². The summed E-state index contributed by atoms with van der Waals surface area (Å²) in [4.78, 5) is 26.6. The minimum Gasteiger partial charge on any atom is -0.326 e. The van der Waals surface area contributed by atoms with Crippen molar-refractivity contribution in [3.05, 3.63) is 63.1 Å². The Kier molecular flexibility index (Phi) is 4.52. The minimum absolute atomic E-state index is 0.0510. The molecular weight excluding hydrogens is 326 g/mol. The molecule has 0 atom stereocenters. The molecule has 7 heteroatoms. The van der Waals surface area contributed by atoms with Gasteiger partial charge in [0, 0.05) is 24.2 Å². The molecule has 122 valence electrons. The van der Waals surface area contributed by atoms with Gasteiger partial charge in [0.05, 0.1) is 20.1 Å². The van der Waals surface area contributed by atoms with Crippen LogP contribution in [0.25, 0.3) is 10.2 Å². The van der Waals surface area contributed by atoms with Crippen LogP contribution < -0.4 is 5.32 Å². The molecule has 1 N–H and O–H groups in total. The fourth-order valence-electron chi connectivity index (χ4n) is 2.39. The lowest BCUT2D eigenvalue weighted by Crippen LogP contribution is -2.12. The van der Waals surface area contributed by atoms with E-state index in [0.29, 0.717) is 12.8 Å². The van der Waals surface area contributed by atoms with Gasteiger partial charge in [-0.15, -0.1) is 11.3 Å². The first kappa shape index (κ1) is 16.1. The van der Waals surface area contributed by atoms with Crippen molar-refractivity contribution in [3.8, 4) is 0 Å². The Balaban J connectivity index is 1.59. The van der Waals surface area contributed by atoms with Gasteiger partial charge >= 0.3 is 0 Å². The highest BCUT2D eigenvalue weighted by Crippen LogP contribution is 2.24. The quantitative estimate of drug-likeness (QED) is 0.559. The fourth-order valence-corrected chi connectivity index (χ4v) is 3.19. The second-order valence-corrected chi connectivity index (χ2v) is 6.62. The summed E-state index contributed by atoms with van der Waals surface area (Å²) in [6.07, 6.45) is 0.841. The van der Waals surface area contributed by atoms with Gasteiger partial charge in [0.2, 0.25) is 5.91 Å². The first-order chi connectivity index (χ1) is 11.5. The van der Waals surface area contributed by atoms with Crippen LogP contribution in [0, 0.1) is 17.0 Å². The average molecular weight is 341 g/mol. The van der Waals surface area contributed by atoms with Crippen LogP contribution in [0.1, 0.15) is 17.0 Å². The predicted octanol–water partition coefficient (Wildman–Crippen LogP) is 4.08. The number of rotatable bonds is 5. The molecule has 0 unspecified atom stereocenters. The number of hydrogen-bond donors (Lipinski definition) is 1. The minimum atomic E-state index is -0.438. The molecule has 0 aliphatic carbocycles. The molecule has 2 aromatic carbocycles.